The Morgan fingerprint density at radius 2 is 1.45 bits per heavy atom. The Labute approximate surface area is 213 Å². The molecule has 1 aliphatic heterocycles. The molecule has 2 N–H and O–H groups in total. The van der Waals surface area contributed by atoms with Gasteiger partial charge < -0.3 is 23.8 Å². The second-order valence-corrected chi connectivity index (χ2v) is 9.51. The van der Waals surface area contributed by atoms with E-state index < -0.39 is 11.5 Å². The van der Waals surface area contributed by atoms with E-state index in [0.717, 1.165) is 0 Å². The lowest BCUT2D eigenvalue weighted by atomic mass is 9.68. The Bertz CT molecular complexity index is 1980. The van der Waals surface area contributed by atoms with Crippen LogP contribution >= 0.6 is 0 Å². The summed E-state index contributed by atoms with van der Waals surface area (Å²) in [5.74, 6) is 0.306. The minimum absolute atomic E-state index is 0.0147. The van der Waals surface area contributed by atoms with Crippen molar-refractivity contribution >= 4 is 27.7 Å². The van der Waals surface area contributed by atoms with Crippen molar-refractivity contribution in [2.24, 2.45) is 0 Å². The first-order chi connectivity index (χ1) is 18.3. The quantitative estimate of drug-likeness (QED) is 0.357. The fourth-order valence-corrected chi connectivity index (χ4v) is 5.55. The van der Waals surface area contributed by atoms with Gasteiger partial charge in [0.15, 0.2) is 16.6 Å². The minimum Gasteiger partial charge on any atom is -0.508 e. The van der Waals surface area contributed by atoms with Gasteiger partial charge in [0.1, 0.15) is 40.8 Å². The number of ether oxygens (including phenoxy) is 1. The average Bonchev–Trinajstić information content (AvgIpc) is 3.22. The van der Waals surface area contributed by atoms with Gasteiger partial charge in [0.25, 0.3) is 0 Å². The fraction of sp³-hybridized carbons (Fsp3) is 0.100. The molecule has 0 bridgehead atoms. The number of carbonyl (C=O) groups is 1. The van der Waals surface area contributed by atoms with Crippen LogP contribution in [0.25, 0.3) is 33.1 Å². The highest BCUT2D eigenvalue weighted by Crippen LogP contribution is 2.51. The minimum atomic E-state index is -1.14. The van der Waals surface area contributed by atoms with E-state index in [2.05, 4.69) is 0 Å². The zero-order valence-corrected chi connectivity index (χ0v) is 19.6. The van der Waals surface area contributed by atoms with Crippen LogP contribution in [0.3, 0.4) is 0 Å². The zero-order valence-electron chi connectivity index (χ0n) is 19.6. The van der Waals surface area contributed by atoms with Gasteiger partial charge in [-0.2, -0.15) is 0 Å². The zero-order chi connectivity index (χ0) is 26.2. The Hall–Kier alpha value is -5.11. The summed E-state index contributed by atoms with van der Waals surface area (Å²) >= 11 is 0. The van der Waals surface area contributed by atoms with Gasteiger partial charge in [-0.3, -0.25) is 14.4 Å². The fourth-order valence-electron chi connectivity index (χ4n) is 5.55. The molecule has 2 atom stereocenters. The third kappa shape index (κ3) is 3.00. The van der Waals surface area contributed by atoms with Gasteiger partial charge in [-0.25, -0.2) is 0 Å². The molecular formula is C30H18O8. The van der Waals surface area contributed by atoms with Crippen molar-refractivity contribution in [1.29, 1.82) is 0 Å². The molecule has 1 aliphatic carbocycles. The number of hydrogen-bond donors (Lipinski definition) is 2. The summed E-state index contributed by atoms with van der Waals surface area (Å²) in [5, 5.41) is 20.1. The van der Waals surface area contributed by atoms with E-state index >= 15 is 0 Å². The van der Waals surface area contributed by atoms with Crippen LogP contribution < -0.4 is 15.6 Å². The molecule has 186 valence electrons. The highest BCUT2D eigenvalue weighted by Gasteiger charge is 2.53. The smallest absolute Gasteiger partial charge is 0.200 e. The summed E-state index contributed by atoms with van der Waals surface area (Å²) in [6, 6.07) is 13.8. The number of fused-ring (bicyclic) bond motifs is 5. The van der Waals surface area contributed by atoms with Gasteiger partial charge in [-0.05, 0) is 48.0 Å². The lowest BCUT2D eigenvalue weighted by Gasteiger charge is -2.33. The second-order valence-electron chi connectivity index (χ2n) is 9.51. The number of rotatable bonds is 2. The Morgan fingerprint density at radius 3 is 2.18 bits per heavy atom. The number of phenols is 2. The molecule has 2 aromatic heterocycles. The maximum absolute atomic E-state index is 13.7. The lowest BCUT2D eigenvalue weighted by Crippen LogP contribution is -2.44. The summed E-state index contributed by atoms with van der Waals surface area (Å²) in [7, 11) is 0. The first kappa shape index (κ1) is 22.1. The molecule has 2 aliphatic rings. The Morgan fingerprint density at radius 1 is 0.763 bits per heavy atom. The number of benzene rings is 3. The molecule has 8 nitrogen and oxygen atoms in total. The molecule has 38 heavy (non-hydrogen) atoms. The summed E-state index contributed by atoms with van der Waals surface area (Å²) in [4.78, 5) is 39.5. The number of carbonyl (C=O) groups excluding carboxylic acids is 1. The predicted molar refractivity (Wildman–Crippen MR) is 138 cm³/mol. The summed E-state index contributed by atoms with van der Waals surface area (Å²) in [5.41, 5.74) is 0.467. The molecule has 0 unspecified atom stereocenters. The third-order valence-electron chi connectivity index (χ3n) is 7.39. The molecule has 0 saturated carbocycles. The van der Waals surface area contributed by atoms with Gasteiger partial charge in [-0.15, -0.1) is 0 Å². The molecule has 3 heterocycles. The number of allylic oxidation sites excluding steroid dienone is 1. The van der Waals surface area contributed by atoms with Gasteiger partial charge >= 0.3 is 0 Å². The first-order valence-electron chi connectivity index (χ1n) is 11.9. The first-order valence-corrected chi connectivity index (χ1v) is 11.9. The van der Waals surface area contributed by atoms with Crippen molar-refractivity contribution in [1.82, 2.24) is 0 Å². The van der Waals surface area contributed by atoms with Crippen LogP contribution in [0.4, 0.5) is 0 Å². The van der Waals surface area contributed by atoms with E-state index in [1.807, 2.05) is 0 Å². The van der Waals surface area contributed by atoms with Crippen LogP contribution in [-0.2, 0) is 10.2 Å². The van der Waals surface area contributed by atoms with Gasteiger partial charge in [0, 0.05) is 24.1 Å². The van der Waals surface area contributed by atoms with Crippen LogP contribution in [0.2, 0.25) is 0 Å². The van der Waals surface area contributed by atoms with Crippen molar-refractivity contribution in [3.05, 3.63) is 111 Å². The molecule has 0 saturated heterocycles. The number of hydrogen-bond acceptors (Lipinski definition) is 8. The summed E-state index contributed by atoms with van der Waals surface area (Å²) < 4.78 is 17.6. The van der Waals surface area contributed by atoms with Crippen LogP contribution in [0.15, 0.2) is 97.7 Å². The predicted octanol–water partition coefficient (Wildman–Crippen LogP) is 4.55. The van der Waals surface area contributed by atoms with Gasteiger partial charge in [0.05, 0.1) is 33.6 Å². The van der Waals surface area contributed by atoms with Crippen LogP contribution in [-0.4, -0.2) is 22.1 Å². The molecule has 7 rings (SSSR count). The van der Waals surface area contributed by atoms with E-state index in [-0.39, 0.29) is 56.7 Å². The molecule has 3 aromatic carbocycles. The summed E-state index contributed by atoms with van der Waals surface area (Å²) in [6.07, 6.45) is 5.15. The molecular weight excluding hydrogens is 488 g/mol. The summed E-state index contributed by atoms with van der Waals surface area (Å²) in [6.45, 7) is 0. The van der Waals surface area contributed by atoms with Crippen molar-refractivity contribution < 1.29 is 28.6 Å². The number of ketones is 1. The Balaban J connectivity index is 1.47. The highest BCUT2D eigenvalue weighted by atomic mass is 16.5. The van der Waals surface area contributed by atoms with E-state index in [1.165, 1.54) is 55.0 Å². The molecule has 8 heteroatoms. The van der Waals surface area contributed by atoms with E-state index in [9.17, 15) is 24.6 Å². The monoisotopic (exact) mass is 506 g/mol. The standard InChI is InChI=1S/C30H18O8/c31-16-2-4-19-25(10-16)36-13-21(28(19)34)15-1-6-24-22(9-15)30(8-7-18(33)12-27(30)38-24)23-14-37-26-11-17(32)3-5-20(26)29(23)35/h1-11,13-14,27,31-32H,12H2/t27-,30-/m0/s1. The molecule has 0 radical (unpaired) electrons. The molecule has 0 spiro atoms. The lowest BCUT2D eigenvalue weighted by molar-refractivity contribution is -0.116. The average molecular weight is 506 g/mol. The Kier molecular flexibility index (Phi) is 4.48. The van der Waals surface area contributed by atoms with Crippen LogP contribution in [0.5, 0.6) is 17.2 Å². The SMILES string of the molecule is O=C1C=C[C@@]2(c3coc4cc(O)ccc4c3=O)c3cc(-c4coc5cc(O)ccc5c4=O)ccc3O[C@H]2C1. The largest absolute Gasteiger partial charge is 0.508 e. The maximum atomic E-state index is 13.7. The highest BCUT2D eigenvalue weighted by molar-refractivity contribution is 5.93. The van der Waals surface area contributed by atoms with Crippen LogP contribution in [0.1, 0.15) is 17.5 Å². The van der Waals surface area contributed by atoms with Crippen molar-refractivity contribution in [2.45, 2.75) is 17.9 Å². The van der Waals surface area contributed by atoms with Gasteiger partial charge in [-0.1, -0.05) is 12.1 Å². The molecule has 5 aromatic rings. The topological polar surface area (TPSA) is 127 Å². The van der Waals surface area contributed by atoms with Gasteiger partial charge in [0.2, 0.25) is 0 Å². The molecule has 0 amide bonds. The van der Waals surface area contributed by atoms with E-state index in [1.54, 1.807) is 24.3 Å². The van der Waals surface area contributed by atoms with Crippen molar-refractivity contribution in [2.75, 3.05) is 0 Å². The molecule has 0 fully saturated rings. The van der Waals surface area contributed by atoms with Crippen LogP contribution in [0, 0.1) is 0 Å². The maximum Gasteiger partial charge on any atom is 0.200 e. The third-order valence-corrected chi connectivity index (χ3v) is 7.39. The second kappa shape index (κ2) is 7.69. The van der Waals surface area contributed by atoms with Crippen molar-refractivity contribution in [3.8, 4) is 28.4 Å². The van der Waals surface area contributed by atoms with Crippen molar-refractivity contribution in [3.63, 3.8) is 0 Å². The normalized spacial score (nSPS) is 19.9. The van der Waals surface area contributed by atoms with E-state index in [4.69, 9.17) is 13.6 Å². The van der Waals surface area contributed by atoms with E-state index in [0.29, 0.717) is 27.8 Å². The number of aromatic hydroxyl groups is 2. The number of phenolic OH excluding ortho intramolecular Hbond substituents is 2.